The number of hydrogen-bond acceptors (Lipinski definition) is 4. The molecule has 0 saturated heterocycles. The molecule has 0 unspecified atom stereocenters. The number of nitrogens with zero attached hydrogens (tertiary/aromatic N) is 1. The minimum absolute atomic E-state index is 0.0533. The third-order valence-electron chi connectivity index (χ3n) is 2.91. The van der Waals surface area contributed by atoms with Gasteiger partial charge in [0.15, 0.2) is 6.61 Å². The molecule has 110 valence electrons. The zero-order chi connectivity index (χ0) is 14.6. The predicted octanol–water partition coefficient (Wildman–Crippen LogP) is 1.63. The van der Waals surface area contributed by atoms with Crippen LogP contribution < -0.4 is 15.4 Å². The van der Waals surface area contributed by atoms with Crippen LogP contribution >= 0.6 is 0 Å². The highest BCUT2D eigenvalue weighted by atomic mass is 16.5. The Labute approximate surface area is 120 Å². The molecule has 0 spiro atoms. The van der Waals surface area contributed by atoms with Gasteiger partial charge in [-0.25, -0.2) is 0 Å². The average Bonchev–Trinajstić information content (AvgIpc) is 3.18. The molecule has 2 rings (SSSR count). The van der Waals surface area contributed by atoms with E-state index in [1.165, 1.54) is 0 Å². The Morgan fingerprint density at radius 1 is 1.40 bits per heavy atom. The number of rotatable bonds is 6. The fraction of sp³-hybridized carbons (Fsp3) is 0.600. The molecule has 1 aliphatic carbocycles. The van der Waals surface area contributed by atoms with E-state index in [1.54, 1.807) is 6.20 Å². The van der Waals surface area contributed by atoms with E-state index >= 15 is 0 Å². The lowest BCUT2D eigenvalue weighted by Crippen LogP contribution is -2.35. The SMILES string of the molecule is CC(C)(C)NCc1ccc(OCC(=O)NC2CC2)cn1. The van der Waals surface area contributed by atoms with E-state index in [-0.39, 0.29) is 18.1 Å². The number of amides is 1. The molecule has 20 heavy (non-hydrogen) atoms. The largest absolute Gasteiger partial charge is 0.482 e. The van der Waals surface area contributed by atoms with Crippen LogP contribution in [0.25, 0.3) is 0 Å². The first-order chi connectivity index (χ1) is 9.42. The molecule has 0 aromatic carbocycles. The molecule has 0 radical (unpaired) electrons. The molecular formula is C15H23N3O2. The average molecular weight is 277 g/mol. The van der Waals surface area contributed by atoms with E-state index in [0.717, 1.165) is 18.5 Å². The molecule has 5 heteroatoms. The van der Waals surface area contributed by atoms with Crippen LogP contribution in [0.3, 0.4) is 0 Å². The van der Waals surface area contributed by atoms with Crippen LogP contribution in [0.4, 0.5) is 0 Å². The normalized spacial score (nSPS) is 14.9. The Morgan fingerprint density at radius 3 is 2.70 bits per heavy atom. The standard InChI is InChI=1S/C15H23N3O2/c1-15(2,3)17-8-12-6-7-13(9-16-12)20-10-14(19)18-11-4-5-11/h6-7,9,11,17H,4-5,8,10H2,1-3H3,(H,18,19). The summed E-state index contributed by atoms with van der Waals surface area (Å²) in [5, 5.41) is 6.25. The maximum Gasteiger partial charge on any atom is 0.258 e. The summed E-state index contributed by atoms with van der Waals surface area (Å²) in [6, 6.07) is 4.12. The van der Waals surface area contributed by atoms with Crippen LogP contribution in [0.5, 0.6) is 5.75 Å². The molecule has 0 aliphatic heterocycles. The Balaban J connectivity index is 1.74. The van der Waals surface area contributed by atoms with E-state index < -0.39 is 0 Å². The maximum atomic E-state index is 11.5. The number of nitrogens with one attached hydrogen (secondary N) is 2. The second-order valence-corrected chi connectivity index (χ2v) is 6.22. The number of aromatic nitrogens is 1. The number of pyridine rings is 1. The molecule has 0 atom stereocenters. The molecule has 5 nitrogen and oxygen atoms in total. The summed E-state index contributed by atoms with van der Waals surface area (Å²) in [6.45, 7) is 7.11. The number of hydrogen-bond donors (Lipinski definition) is 2. The van der Waals surface area contributed by atoms with Crippen molar-refractivity contribution >= 4 is 5.91 Å². The van der Waals surface area contributed by atoms with Crippen LogP contribution in [0.1, 0.15) is 39.3 Å². The smallest absolute Gasteiger partial charge is 0.258 e. The molecule has 0 bridgehead atoms. The van der Waals surface area contributed by atoms with Crippen molar-refractivity contribution in [1.29, 1.82) is 0 Å². The van der Waals surface area contributed by atoms with Crippen LogP contribution in [-0.2, 0) is 11.3 Å². The van der Waals surface area contributed by atoms with Gasteiger partial charge in [-0.05, 0) is 45.7 Å². The molecule has 1 aliphatic rings. The molecule has 1 heterocycles. The van der Waals surface area contributed by atoms with Crippen LogP contribution in [-0.4, -0.2) is 29.1 Å². The van der Waals surface area contributed by atoms with Gasteiger partial charge in [-0.3, -0.25) is 9.78 Å². The van der Waals surface area contributed by atoms with E-state index in [0.29, 0.717) is 18.3 Å². The first-order valence-electron chi connectivity index (χ1n) is 7.04. The molecule has 1 amide bonds. The first-order valence-corrected chi connectivity index (χ1v) is 7.04. The number of carbonyl (C=O) groups is 1. The summed E-state index contributed by atoms with van der Waals surface area (Å²) in [5.74, 6) is 0.557. The fourth-order valence-electron chi connectivity index (χ4n) is 1.60. The van der Waals surface area contributed by atoms with Crippen molar-refractivity contribution in [3.05, 3.63) is 24.0 Å². The van der Waals surface area contributed by atoms with E-state index in [9.17, 15) is 4.79 Å². The summed E-state index contributed by atoms with van der Waals surface area (Å²) >= 11 is 0. The Kier molecular flexibility index (Phi) is 4.60. The summed E-state index contributed by atoms with van der Waals surface area (Å²) in [5.41, 5.74) is 1.02. The van der Waals surface area contributed by atoms with Gasteiger partial charge >= 0.3 is 0 Å². The number of carbonyl (C=O) groups excluding carboxylic acids is 1. The molecular weight excluding hydrogens is 254 g/mol. The van der Waals surface area contributed by atoms with Crippen molar-refractivity contribution in [3.63, 3.8) is 0 Å². The molecule has 1 fully saturated rings. The minimum atomic E-state index is -0.0639. The monoisotopic (exact) mass is 277 g/mol. The molecule has 2 N–H and O–H groups in total. The van der Waals surface area contributed by atoms with Gasteiger partial charge in [0.1, 0.15) is 5.75 Å². The summed E-state index contributed by atoms with van der Waals surface area (Å²) in [6.07, 6.45) is 3.83. The van der Waals surface area contributed by atoms with Crippen molar-refractivity contribution in [2.24, 2.45) is 0 Å². The topological polar surface area (TPSA) is 63.2 Å². The highest BCUT2D eigenvalue weighted by molar-refractivity contribution is 5.78. The van der Waals surface area contributed by atoms with Gasteiger partial charge in [-0.1, -0.05) is 0 Å². The summed E-state index contributed by atoms with van der Waals surface area (Å²) in [4.78, 5) is 15.8. The second kappa shape index (κ2) is 6.22. The lowest BCUT2D eigenvalue weighted by molar-refractivity contribution is -0.123. The molecule has 1 aromatic heterocycles. The van der Waals surface area contributed by atoms with Gasteiger partial charge in [-0.15, -0.1) is 0 Å². The zero-order valence-electron chi connectivity index (χ0n) is 12.4. The van der Waals surface area contributed by atoms with E-state index in [1.807, 2.05) is 12.1 Å². The number of ether oxygens (including phenoxy) is 1. The lowest BCUT2D eigenvalue weighted by Gasteiger charge is -2.20. The third-order valence-corrected chi connectivity index (χ3v) is 2.91. The minimum Gasteiger partial charge on any atom is -0.482 e. The predicted molar refractivity (Wildman–Crippen MR) is 77.5 cm³/mol. The van der Waals surface area contributed by atoms with Crippen molar-refractivity contribution in [1.82, 2.24) is 15.6 Å². The highest BCUT2D eigenvalue weighted by Gasteiger charge is 2.23. The van der Waals surface area contributed by atoms with Crippen molar-refractivity contribution in [3.8, 4) is 5.75 Å². The fourth-order valence-corrected chi connectivity index (χ4v) is 1.60. The van der Waals surface area contributed by atoms with Crippen LogP contribution in [0, 0.1) is 0 Å². The highest BCUT2D eigenvalue weighted by Crippen LogP contribution is 2.18. The third kappa shape index (κ3) is 5.57. The maximum absolute atomic E-state index is 11.5. The van der Waals surface area contributed by atoms with Crippen LogP contribution in [0.15, 0.2) is 18.3 Å². The molecule has 1 saturated carbocycles. The van der Waals surface area contributed by atoms with Gasteiger partial charge in [0.25, 0.3) is 5.91 Å². The lowest BCUT2D eigenvalue weighted by atomic mass is 10.1. The quantitative estimate of drug-likeness (QED) is 0.829. The zero-order valence-corrected chi connectivity index (χ0v) is 12.4. The van der Waals surface area contributed by atoms with Crippen LogP contribution in [0.2, 0.25) is 0 Å². The van der Waals surface area contributed by atoms with E-state index in [2.05, 4.69) is 36.4 Å². The Hall–Kier alpha value is -1.62. The Morgan fingerprint density at radius 2 is 2.15 bits per heavy atom. The van der Waals surface area contributed by atoms with Gasteiger partial charge in [-0.2, -0.15) is 0 Å². The van der Waals surface area contributed by atoms with Gasteiger partial charge < -0.3 is 15.4 Å². The van der Waals surface area contributed by atoms with Gasteiger partial charge in [0, 0.05) is 18.1 Å². The van der Waals surface area contributed by atoms with E-state index in [4.69, 9.17) is 4.74 Å². The summed E-state index contributed by atoms with van der Waals surface area (Å²) < 4.78 is 5.40. The van der Waals surface area contributed by atoms with Gasteiger partial charge in [0.2, 0.25) is 0 Å². The molecule has 1 aromatic rings. The second-order valence-electron chi connectivity index (χ2n) is 6.22. The Bertz CT molecular complexity index is 447. The van der Waals surface area contributed by atoms with Gasteiger partial charge in [0.05, 0.1) is 11.9 Å². The first kappa shape index (κ1) is 14.8. The van der Waals surface area contributed by atoms with Crippen molar-refractivity contribution in [2.75, 3.05) is 6.61 Å². The van der Waals surface area contributed by atoms with Crippen molar-refractivity contribution < 1.29 is 9.53 Å². The summed E-state index contributed by atoms with van der Waals surface area (Å²) in [7, 11) is 0. The van der Waals surface area contributed by atoms with Crippen molar-refractivity contribution in [2.45, 2.75) is 51.7 Å².